The van der Waals surface area contributed by atoms with E-state index in [1.807, 2.05) is 0 Å². The molecule has 1 aliphatic carbocycles. The number of carbonyl (C=O) groups is 1. The number of rotatable bonds is 5. The van der Waals surface area contributed by atoms with Gasteiger partial charge in [-0.3, -0.25) is 4.79 Å². The average molecular weight is 345 g/mol. The van der Waals surface area contributed by atoms with Crippen LogP contribution in [0, 0.1) is 11.8 Å². The normalized spacial score (nSPS) is 22.7. The molecule has 0 heterocycles. The fraction of sp³-hybridized carbons (Fsp3) is 0.588. The van der Waals surface area contributed by atoms with Crippen molar-refractivity contribution in [1.29, 1.82) is 0 Å². The Hall–Kier alpha value is -1.76. The number of ether oxygens (including phenoxy) is 1. The molecule has 3 unspecified atom stereocenters. The maximum absolute atomic E-state index is 13.1. The molecule has 3 atom stereocenters. The van der Waals surface area contributed by atoms with Crippen molar-refractivity contribution in [3.05, 3.63) is 29.8 Å². The summed E-state index contributed by atoms with van der Waals surface area (Å²) in [6, 6.07) is 6.69. The van der Waals surface area contributed by atoms with Crippen LogP contribution < -0.4 is 10.1 Å². The Balaban J connectivity index is 1.96. The summed E-state index contributed by atoms with van der Waals surface area (Å²) < 4.78 is 44.2. The summed E-state index contributed by atoms with van der Waals surface area (Å²) in [6.45, 7) is -0.132. The minimum atomic E-state index is -4.37. The van der Waals surface area contributed by atoms with Gasteiger partial charge in [-0.15, -0.1) is 0 Å². The van der Waals surface area contributed by atoms with Crippen molar-refractivity contribution in [2.24, 2.45) is 11.8 Å². The molecule has 1 fully saturated rings. The third-order valence-corrected chi connectivity index (χ3v) is 4.47. The van der Waals surface area contributed by atoms with Gasteiger partial charge in [-0.1, -0.05) is 25.0 Å². The van der Waals surface area contributed by atoms with Crippen molar-refractivity contribution in [2.45, 2.75) is 38.0 Å². The highest BCUT2D eigenvalue weighted by atomic mass is 19.4. The first kappa shape index (κ1) is 18.6. The predicted molar refractivity (Wildman–Crippen MR) is 82.5 cm³/mol. The number of aliphatic hydroxyl groups is 1. The Labute approximate surface area is 139 Å². The molecular weight excluding hydrogens is 323 g/mol. The van der Waals surface area contributed by atoms with Gasteiger partial charge in [-0.25, -0.2) is 0 Å². The first-order valence-corrected chi connectivity index (χ1v) is 7.99. The van der Waals surface area contributed by atoms with Gasteiger partial charge in [-0.05, 0) is 30.5 Å². The Bertz CT molecular complexity index is 562. The highest BCUT2D eigenvalue weighted by molar-refractivity contribution is 5.79. The molecular formula is C17H22F3NO3. The summed E-state index contributed by atoms with van der Waals surface area (Å²) in [6.07, 6.45) is -4.06. The van der Waals surface area contributed by atoms with Crippen molar-refractivity contribution < 1.29 is 27.8 Å². The molecule has 1 amide bonds. The number of benzene rings is 1. The highest BCUT2D eigenvalue weighted by Crippen LogP contribution is 2.41. The molecule has 0 spiro atoms. The lowest BCUT2D eigenvalue weighted by atomic mass is 9.78. The van der Waals surface area contributed by atoms with E-state index in [1.165, 1.54) is 7.11 Å². The molecule has 2 rings (SSSR count). The van der Waals surface area contributed by atoms with E-state index in [2.05, 4.69) is 5.32 Å². The van der Waals surface area contributed by atoms with Gasteiger partial charge >= 0.3 is 6.18 Å². The first-order chi connectivity index (χ1) is 11.3. The van der Waals surface area contributed by atoms with Crippen LogP contribution in [0.3, 0.4) is 0 Å². The summed E-state index contributed by atoms with van der Waals surface area (Å²) in [7, 11) is 1.49. The molecule has 0 bridgehead atoms. The first-order valence-electron chi connectivity index (χ1n) is 7.99. The summed E-state index contributed by atoms with van der Waals surface area (Å²) in [5.41, 5.74) is 0.533. The van der Waals surface area contributed by atoms with Crippen LogP contribution in [0.5, 0.6) is 5.75 Å². The van der Waals surface area contributed by atoms with E-state index in [9.17, 15) is 23.1 Å². The second kappa shape index (κ2) is 7.88. The summed E-state index contributed by atoms with van der Waals surface area (Å²) >= 11 is 0. The maximum atomic E-state index is 13.1. The number of aliphatic hydroxyl groups excluding tert-OH is 1. The van der Waals surface area contributed by atoms with Gasteiger partial charge in [0.1, 0.15) is 5.75 Å². The quantitative estimate of drug-likeness (QED) is 0.861. The van der Waals surface area contributed by atoms with Crippen LogP contribution in [0.15, 0.2) is 24.3 Å². The van der Waals surface area contributed by atoms with Gasteiger partial charge in [-0.2, -0.15) is 13.2 Å². The SMILES string of the molecule is COc1cccc(C(O)CNC(=O)C2CCCCC2C(F)(F)F)c1. The lowest BCUT2D eigenvalue weighted by molar-refractivity contribution is -0.198. The van der Waals surface area contributed by atoms with Crippen LogP contribution in [0.4, 0.5) is 13.2 Å². The molecule has 1 aliphatic rings. The predicted octanol–water partition coefficient (Wildman–Crippen LogP) is 3.21. The minimum absolute atomic E-state index is 0.0139. The lowest BCUT2D eigenvalue weighted by Crippen LogP contribution is -2.43. The summed E-state index contributed by atoms with van der Waals surface area (Å²) in [5, 5.41) is 12.6. The zero-order chi connectivity index (χ0) is 17.7. The van der Waals surface area contributed by atoms with E-state index in [0.29, 0.717) is 24.2 Å². The second-order valence-corrected chi connectivity index (χ2v) is 6.08. The largest absolute Gasteiger partial charge is 0.497 e. The molecule has 1 saturated carbocycles. The molecule has 4 nitrogen and oxygen atoms in total. The van der Waals surface area contributed by atoms with Crippen molar-refractivity contribution >= 4 is 5.91 Å². The Kier molecular flexibility index (Phi) is 6.10. The maximum Gasteiger partial charge on any atom is 0.392 e. The zero-order valence-electron chi connectivity index (χ0n) is 13.5. The van der Waals surface area contributed by atoms with Crippen LogP contribution in [0.1, 0.15) is 37.4 Å². The second-order valence-electron chi connectivity index (χ2n) is 6.08. The molecule has 7 heteroatoms. The van der Waals surface area contributed by atoms with Gasteiger partial charge in [0.2, 0.25) is 5.91 Å². The monoisotopic (exact) mass is 345 g/mol. The number of alkyl halides is 3. The van der Waals surface area contributed by atoms with Crippen LogP contribution in [-0.4, -0.2) is 30.8 Å². The topological polar surface area (TPSA) is 58.6 Å². The fourth-order valence-electron chi connectivity index (χ4n) is 3.13. The van der Waals surface area contributed by atoms with Crippen molar-refractivity contribution in [2.75, 3.05) is 13.7 Å². The third kappa shape index (κ3) is 4.63. The summed E-state index contributed by atoms with van der Waals surface area (Å²) in [4.78, 5) is 12.2. The number of hydrogen-bond acceptors (Lipinski definition) is 3. The van der Waals surface area contributed by atoms with E-state index < -0.39 is 30.0 Å². The number of nitrogens with one attached hydrogen (secondary N) is 1. The van der Waals surface area contributed by atoms with Crippen molar-refractivity contribution in [3.63, 3.8) is 0 Å². The van der Waals surface area contributed by atoms with Gasteiger partial charge in [0.15, 0.2) is 0 Å². The molecule has 0 saturated heterocycles. The molecule has 0 aromatic heterocycles. The summed E-state index contributed by atoms with van der Waals surface area (Å²) in [5.74, 6) is -2.75. The Morgan fingerprint density at radius 1 is 1.38 bits per heavy atom. The van der Waals surface area contributed by atoms with Crippen LogP contribution in [0.2, 0.25) is 0 Å². The highest BCUT2D eigenvalue weighted by Gasteiger charge is 2.47. The van der Waals surface area contributed by atoms with Crippen LogP contribution in [-0.2, 0) is 4.79 Å². The lowest BCUT2D eigenvalue weighted by Gasteiger charge is -2.32. The fourth-order valence-corrected chi connectivity index (χ4v) is 3.13. The molecule has 2 N–H and O–H groups in total. The average Bonchev–Trinajstić information content (AvgIpc) is 2.58. The van der Waals surface area contributed by atoms with Crippen molar-refractivity contribution in [3.8, 4) is 5.75 Å². The third-order valence-electron chi connectivity index (χ3n) is 4.47. The van der Waals surface area contributed by atoms with Gasteiger partial charge < -0.3 is 15.2 Å². The molecule has 0 aliphatic heterocycles. The standard InChI is InChI=1S/C17H22F3NO3/c1-24-12-6-4-5-11(9-12)15(22)10-21-16(23)13-7-2-3-8-14(13)17(18,19)20/h4-6,9,13-15,22H,2-3,7-8,10H2,1H3,(H,21,23). The number of amides is 1. The number of hydrogen-bond donors (Lipinski definition) is 2. The van der Waals surface area contributed by atoms with Crippen molar-refractivity contribution in [1.82, 2.24) is 5.32 Å². The van der Waals surface area contributed by atoms with Gasteiger partial charge in [0.25, 0.3) is 0 Å². The zero-order valence-corrected chi connectivity index (χ0v) is 13.5. The van der Waals surface area contributed by atoms with E-state index in [4.69, 9.17) is 4.74 Å². The molecule has 0 radical (unpaired) electrons. The van der Waals surface area contributed by atoms with E-state index >= 15 is 0 Å². The van der Waals surface area contributed by atoms with Gasteiger partial charge in [0, 0.05) is 12.5 Å². The molecule has 1 aromatic rings. The van der Waals surface area contributed by atoms with Crippen LogP contribution >= 0.6 is 0 Å². The van der Waals surface area contributed by atoms with E-state index in [0.717, 1.165) is 0 Å². The van der Waals surface area contributed by atoms with E-state index in [-0.39, 0.29) is 19.4 Å². The molecule has 134 valence electrons. The Morgan fingerprint density at radius 3 is 2.75 bits per heavy atom. The number of carbonyl (C=O) groups excluding carboxylic acids is 1. The van der Waals surface area contributed by atoms with Crippen LogP contribution in [0.25, 0.3) is 0 Å². The molecule has 1 aromatic carbocycles. The molecule has 24 heavy (non-hydrogen) atoms. The van der Waals surface area contributed by atoms with Gasteiger partial charge in [0.05, 0.1) is 19.1 Å². The Morgan fingerprint density at radius 2 is 2.08 bits per heavy atom. The smallest absolute Gasteiger partial charge is 0.392 e. The number of halogens is 3. The number of methoxy groups -OCH3 is 1. The van der Waals surface area contributed by atoms with E-state index in [1.54, 1.807) is 24.3 Å². The minimum Gasteiger partial charge on any atom is -0.497 e.